The molecular weight excluding hydrogens is 222 g/mol. The number of hydrogen-bond acceptors (Lipinski definition) is 2. The zero-order valence-corrected chi connectivity index (χ0v) is 11.7. The van der Waals surface area contributed by atoms with Gasteiger partial charge >= 0.3 is 0 Å². The van der Waals surface area contributed by atoms with Gasteiger partial charge in [-0.1, -0.05) is 45.4 Å². The van der Waals surface area contributed by atoms with Gasteiger partial charge in [0.2, 0.25) is 0 Å². The zero-order valence-electron chi connectivity index (χ0n) is 11.7. The average Bonchev–Trinajstić information content (AvgIpc) is 2.37. The predicted molar refractivity (Wildman–Crippen MR) is 75.9 cm³/mol. The van der Waals surface area contributed by atoms with Crippen molar-refractivity contribution in [1.29, 1.82) is 0 Å². The number of Topliss-reactive ketones (excluding diaryl/α,β-unsaturated/α-hetero) is 1. The van der Waals surface area contributed by atoms with Crippen LogP contribution in [0.25, 0.3) is 0 Å². The summed E-state index contributed by atoms with van der Waals surface area (Å²) in [4.78, 5) is 16.0. The number of nitrogens with zero attached hydrogens (tertiary/aromatic N) is 1. The molecule has 0 atom stereocenters. The van der Waals surface area contributed by atoms with Crippen molar-refractivity contribution in [3.8, 4) is 0 Å². The Morgan fingerprint density at radius 2 is 1.72 bits per heavy atom. The molecule has 0 spiro atoms. The van der Waals surface area contributed by atoms with Gasteiger partial charge in [-0.2, -0.15) is 0 Å². The Kier molecular flexibility index (Phi) is 7.31. The first-order valence-electron chi connectivity index (χ1n) is 7.19. The first-order chi connectivity index (χ1) is 8.74. The number of rotatable bonds is 9. The third-order valence-corrected chi connectivity index (χ3v) is 3.20. The van der Waals surface area contributed by atoms with E-state index in [9.17, 15) is 4.79 Å². The van der Waals surface area contributed by atoms with Crippen molar-refractivity contribution in [2.75, 3.05) is 0 Å². The summed E-state index contributed by atoms with van der Waals surface area (Å²) in [5.41, 5.74) is 1.82. The maximum Gasteiger partial charge on any atom is 0.164 e. The maximum atomic E-state index is 11.9. The first kappa shape index (κ1) is 14.9. The largest absolute Gasteiger partial charge is 0.294 e. The van der Waals surface area contributed by atoms with E-state index in [0.29, 0.717) is 6.42 Å². The summed E-state index contributed by atoms with van der Waals surface area (Å²) >= 11 is 0. The molecule has 18 heavy (non-hydrogen) atoms. The fraction of sp³-hybridized carbons (Fsp3) is 0.625. The van der Waals surface area contributed by atoms with Gasteiger partial charge in [-0.3, -0.25) is 9.78 Å². The molecule has 0 radical (unpaired) electrons. The molecule has 0 bridgehead atoms. The number of carbonyl (C=O) groups excluding carboxylic acids is 1. The van der Waals surface area contributed by atoms with Gasteiger partial charge in [0.25, 0.3) is 0 Å². The van der Waals surface area contributed by atoms with Crippen LogP contribution >= 0.6 is 0 Å². The van der Waals surface area contributed by atoms with Crippen LogP contribution in [0.1, 0.15) is 74.2 Å². The molecule has 0 fully saturated rings. The topological polar surface area (TPSA) is 30.0 Å². The predicted octanol–water partition coefficient (Wildman–Crippen LogP) is 4.71. The molecule has 2 heteroatoms. The molecule has 100 valence electrons. The fourth-order valence-electron chi connectivity index (χ4n) is 2.09. The minimum Gasteiger partial charge on any atom is -0.294 e. The van der Waals surface area contributed by atoms with Crippen molar-refractivity contribution in [3.63, 3.8) is 0 Å². The van der Waals surface area contributed by atoms with E-state index < -0.39 is 0 Å². The van der Waals surface area contributed by atoms with Crippen LogP contribution in [0.5, 0.6) is 0 Å². The monoisotopic (exact) mass is 247 g/mol. The van der Waals surface area contributed by atoms with Gasteiger partial charge in [-0.05, 0) is 25.0 Å². The van der Waals surface area contributed by atoms with Gasteiger partial charge in [0.05, 0.1) is 0 Å². The number of carbonyl (C=O) groups is 1. The van der Waals surface area contributed by atoms with Crippen molar-refractivity contribution in [1.82, 2.24) is 4.98 Å². The van der Waals surface area contributed by atoms with Crippen molar-refractivity contribution in [2.45, 2.75) is 65.2 Å². The number of hydrogen-bond donors (Lipinski definition) is 0. The van der Waals surface area contributed by atoms with Crippen molar-refractivity contribution in [2.24, 2.45) is 0 Å². The lowest BCUT2D eigenvalue weighted by atomic mass is 10.0. The summed E-state index contributed by atoms with van der Waals surface area (Å²) in [6.07, 6.45) is 12.9. The molecule has 1 heterocycles. The standard InChI is InChI=1S/C16H25NO/c1-3-4-5-6-7-8-9-10-16(18)15-11-14(2)12-17-13-15/h11-13H,3-10H2,1-2H3. The number of aryl methyl sites for hydroxylation is 1. The molecule has 0 aromatic carbocycles. The van der Waals surface area contributed by atoms with E-state index in [0.717, 1.165) is 17.5 Å². The SMILES string of the molecule is CCCCCCCCCC(=O)c1cncc(C)c1. The highest BCUT2D eigenvalue weighted by molar-refractivity contribution is 5.95. The summed E-state index contributed by atoms with van der Waals surface area (Å²) in [6, 6.07) is 1.93. The van der Waals surface area contributed by atoms with Crippen molar-refractivity contribution in [3.05, 3.63) is 29.6 Å². The van der Waals surface area contributed by atoms with Crippen molar-refractivity contribution < 1.29 is 4.79 Å². The quantitative estimate of drug-likeness (QED) is 0.467. The lowest BCUT2D eigenvalue weighted by Crippen LogP contribution is -2.00. The van der Waals surface area contributed by atoms with Gasteiger partial charge < -0.3 is 0 Å². The van der Waals surface area contributed by atoms with E-state index in [-0.39, 0.29) is 5.78 Å². The molecule has 1 aromatic heterocycles. The Labute approximate surface area is 111 Å². The zero-order chi connectivity index (χ0) is 13.2. The third kappa shape index (κ3) is 5.95. The second kappa shape index (κ2) is 8.84. The van der Waals surface area contributed by atoms with E-state index >= 15 is 0 Å². The van der Waals surface area contributed by atoms with Crippen LogP contribution in [0.2, 0.25) is 0 Å². The summed E-state index contributed by atoms with van der Waals surface area (Å²) < 4.78 is 0. The Balaban J connectivity index is 2.14. The molecule has 0 saturated heterocycles. The fourth-order valence-corrected chi connectivity index (χ4v) is 2.09. The number of pyridine rings is 1. The number of ketones is 1. The first-order valence-corrected chi connectivity index (χ1v) is 7.19. The summed E-state index contributed by atoms with van der Waals surface area (Å²) in [5, 5.41) is 0. The highest BCUT2D eigenvalue weighted by atomic mass is 16.1. The van der Waals surface area contributed by atoms with Crippen LogP contribution in [0.15, 0.2) is 18.5 Å². The minimum atomic E-state index is 0.236. The minimum absolute atomic E-state index is 0.236. The lowest BCUT2D eigenvalue weighted by molar-refractivity contribution is 0.0978. The molecule has 0 amide bonds. The second-order valence-corrected chi connectivity index (χ2v) is 5.05. The van der Waals surface area contributed by atoms with Gasteiger partial charge in [0.15, 0.2) is 5.78 Å². The molecule has 0 aliphatic carbocycles. The Bertz CT molecular complexity index is 360. The molecule has 0 saturated carbocycles. The summed E-state index contributed by atoms with van der Waals surface area (Å²) in [7, 11) is 0. The van der Waals surface area contributed by atoms with Crippen molar-refractivity contribution >= 4 is 5.78 Å². The molecule has 0 N–H and O–H groups in total. The van der Waals surface area contributed by atoms with E-state index in [4.69, 9.17) is 0 Å². The van der Waals surface area contributed by atoms with Crippen LogP contribution in [0.4, 0.5) is 0 Å². The van der Waals surface area contributed by atoms with Crippen LogP contribution < -0.4 is 0 Å². The van der Waals surface area contributed by atoms with E-state index in [1.54, 1.807) is 12.4 Å². The highest BCUT2D eigenvalue weighted by Crippen LogP contribution is 2.11. The van der Waals surface area contributed by atoms with Gasteiger partial charge in [0.1, 0.15) is 0 Å². The Hall–Kier alpha value is -1.18. The molecular formula is C16H25NO. The van der Waals surface area contributed by atoms with Crippen LogP contribution in [0, 0.1) is 6.92 Å². The summed E-state index contributed by atoms with van der Waals surface area (Å²) in [6.45, 7) is 4.20. The average molecular weight is 247 g/mol. The van der Waals surface area contributed by atoms with Gasteiger partial charge in [0, 0.05) is 24.4 Å². The number of aromatic nitrogens is 1. The van der Waals surface area contributed by atoms with E-state index in [2.05, 4.69) is 11.9 Å². The molecule has 1 rings (SSSR count). The highest BCUT2D eigenvalue weighted by Gasteiger charge is 2.05. The van der Waals surface area contributed by atoms with Gasteiger partial charge in [-0.25, -0.2) is 0 Å². The van der Waals surface area contributed by atoms with Crippen LogP contribution in [-0.4, -0.2) is 10.8 Å². The smallest absolute Gasteiger partial charge is 0.164 e. The molecule has 0 unspecified atom stereocenters. The Morgan fingerprint density at radius 3 is 2.39 bits per heavy atom. The molecule has 0 aliphatic heterocycles. The molecule has 2 nitrogen and oxygen atoms in total. The van der Waals surface area contributed by atoms with E-state index in [1.807, 2.05) is 13.0 Å². The lowest BCUT2D eigenvalue weighted by Gasteiger charge is -2.02. The molecule has 0 aliphatic rings. The second-order valence-electron chi connectivity index (χ2n) is 5.05. The van der Waals surface area contributed by atoms with Gasteiger partial charge in [-0.15, -0.1) is 0 Å². The van der Waals surface area contributed by atoms with E-state index in [1.165, 1.54) is 38.5 Å². The normalized spacial score (nSPS) is 10.6. The van der Waals surface area contributed by atoms with Crippen LogP contribution in [-0.2, 0) is 0 Å². The third-order valence-electron chi connectivity index (χ3n) is 3.20. The Morgan fingerprint density at radius 1 is 1.06 bits per heavy atom. The maximum absolute atomic E-state index is 11.9. The summed E-state index contributed by atoms with van der Waals surface area (Å²) in [5.74, 6) is 0.236. The number of unbranched alkanes of at least 4 members (excludes halogenated alkanes) is 6. The molecule has 1 aromatic rings. The van der Waals surface area contributed by atoms with Crippen LogP contribution in [0.3, 0.4) is 0 Å².